The smallest absolute Gasteiger partial charge is 0.267 e. The molecule has 0 amide bonds. The van der Waals surface area contributed by atoms with Crippen molar-refractivity contribution in [3.05, 3.63) is 45.1 Å². The van der Waals surface area contributed by atoms with Crippen molar-refractivity contribution < 1.29 is 9.47 Å². The van der Waals surface area contributed by atoms with Crippen molar-refractivity contribution in [2.45, 2.75) is 57.4 Å². The molecule has 0 saturated carbocycles. The molecule has 3 heterocycles. The van der Waals surface area contributed by atoms with Gasteiger partial charge in [-0.25, -0.2) is 4.98 Å². The van der Waals surface area contributed by atoms with Crippen molar-refractivity contribution in [1.82, 2.24) is 9.55 Å². The summed E-state index contributed by atoms with van der Waals surface area (Å²) in [5.74, 6) is 1.70. The molecule has 0 fully saturated rings. The Hall–Kier alpha value is -1.83. The molecule has 2 aromatic heterocycles. The second kappa shape index (κ2) is 8.13. The maximum absolute atomic E-state index is 13.7. The van der Waals surface area contributed by atoms with Crippen LogP contribution in [0.5, 0.6) is 5.75 Å². The number of ether oxygens (including phenoxy) is 2. The maximum atomic E-state index is 13.7. The van der Waals surface area contributed by atoms with Crippen LogP contribution in [0.4, 0.5) is 0 Å². The van der Waals surface area contributed by atoms with Crippen LogP contribution in [0.25, 0.3) is 15.9 Å². The van der Waals surface area contributed by atoms with Gasteiger partial charge in [0.25, 0.3) is 5.56 Å². The van der Waals surface area contributed by atoms with Crippen LogP contribution < -0.4 is 10.3 Å². The maximum Gasteiger partial charge on any atom is 0.267 e. The first-order chi connectivity index (χ1) is 13.9. The number of nitrogens with zero attached hydrogens (tertiary/aromatic N) is 2. The summed E-state index contributed by atoms with van der Waals surface area (Å²) in [5.41, 5.74) is 1.66. The van der Waals surface area contributed by atoms with Crippen LogP contribution in [0.15, 0.2) is 34.2 Å². The summed E-state index contributed by atoms with van der Waals surface area (Å²) in [6.45, 7) is 6.86. The Bertz CT molecular complexity index is 1080. The molecule has 0 bridgehead atoms. The predicted molar refractivity (Wildman–Crippen MR) is 120 cm³/mol. The molecule has 0 spiro atoms. The van der Waals surface area contributed by atoms with E-state index in [0.29, 0.717) is 6.61 Å². The van der Waals surface area contributed by atoms with Gasteiger partial charge in [-0.15, -0.1) is 11.3 Å². The van der Waals surface area contributed by atoms with Crippen LogP contribution in [0.1, 0.15) is 44.1 Å². The van der Waals surface area contributed by atoms with Crippen molar-refractivity contribution in [3.63, 3.8) is 0 Å². The molecule has 29 heavy (non-hydrogen) atoms. The summed E-state index contributed by atoms with van der Waals surface area (Å²) in [6, 6.07) is 7.60. The molecule has 154 valence electrons. The van der Waals surface area contributed by atoms with Crippen LogP contribution in [0, 0.1) is 0 Å². The number of hydrogen-bond donors (Lipinski definition) is 0. The zero-order valence-electron chi connectivity index (χ0n) is 17.3. The van der Waals surface area contributed by atoms with Crippen molar-refractivity contribution >= 4 is 33.3 Å². The molecule has 0 unspecified atom stereocenters. The molecule has 7 heteroatoms. The van der Waals surface area contributed by atoms with E-state index < -0.39 is 0 Å². The molecule has 0 N–H and O–H groups in total. The number of unbranched alkanes of at least 4 members (excludes halogenated alkanes) is 1. The normalized spacial score (nSPS) is 15.4. The summed E-state index contributed by atoms with van der Waals surface area (Å²) in [4.78, 5) is 20.6. The minimum Gasteiger partial charge on any atom is -0.497 e. The van der Waals surface area contributed by atoms with Crippen LogP contribution in [-0.2, 0) is 17.8 Å². The molecule has 0 aliphatic carbocycles. The first-order valence-corrected chi connectivity index (χ1v) is 11.7. The third kappa shape index (κ3) is 3.96. The average molecular weight is 431 g/mol. The van der Waals surface area contributed by atoms with Gasteiger partial charge in [-0.3, -0.25) is 9.36 Å². The fourth-order valence-corrected chi connectivity index (χ4v) is 5.78. The molecule has 0 radical (unpaired) electrons. The van der Waals surface area contributed by atoms with E-state index in [1.54, 1.807) is 34.8 Å². The van der Waals surface area contributed by atoms with Gasteiger partial charge in [0.05, 0.1) is 30.4 Å². The van der Waals surface area contributed by atoms with Gasteiger partial charge >= 0.3 is 0 Å². The molecule has 1 aliphatic rings. The van der Waals surface area contributed by atoms with E-state index in [1.165, 1.54) is 0 Å². The molecular weight excluding hydrogens is 404 g/mol. The molecule has 4 rings (SSSR count). The minimum atomic E-state index is -0.271. The number of fused-ring (bicyclic) bond motifs is 3. The van der Waals surface area contributed by atoms with E-state index in [0.717, 1.165) is 62.3 Å². The number of hydrogen-bond acceptors (Lipinski definition) is 6. The standard InChI is InChI=1S/C22H26N2O3S2/c1-5-6-11-28-21-23-19-18(16-12-22(2,3)27-13-17(16)29-19)20(25)24(21)14-7-9-15(26-4)10-8-14/h7-10H,5-6,11-13H2,1-4H3. The summed E-state index contributed by atoms with van der Waals surface area (Å²) in [7, 11) is 1.64. The zero-order valence-corrected chi connectivity index (χ0v) is 18.9. The summed E-state index contributed by atoms with van der Waals surface area (Å²) < 4.78 is 13.0. The highest BCUT2D eigenvalue weighted by molar-refractivity contribution is 7.99. The lowest BCUT2D eigenvalue weighted by atomic mass is 9.94. The van der Waals surface area contributed by atoms with E-state index in [4.69, 9.17) is 14.5 Å². The number of thiophene rings is 1. The fourth-order valence-electron chi connectivity index (χ4n) is 3.54. The van der Waals surface area contributed by atoms with Crippen molar-refractivity contribution in [3.8, 4) is 11.4 Å². The number of benzene rings is 1. The molecule has 0 saturated heterocycles. The lowest BCUT2D eigenvalue weighted by Gasteiger charge is -2.29. The fraction of sp³-hybridized carbons (Fsp3) is 0.455. The highest BCUT2D eigenvalue weighted by atomic mass is 32.2. The van der Waals surface area contributed by atoms with Crippen molar-refractivity contribution in [1.29, 1.82) is 0 Å². The third-order valence-corrected chi connectivity index (χ3v) is 7.26. The molecule has 1 aromatic carbocycles. The molecule has 5 nitrogen and oxygen atoms in total. The van der Waals surface area contributed by atoms with Crippen molar-refractivity contribution in [2.24, 2.45) is 0 Å². The quantitative estimate of drug-likeness (QED) is 0.306. The van der Waals surface area contributed by atoms with Gasteiger partial charge in [-0.1, -0.05) is 25.1 Å². The molecular formula is C22H26N2O3S2. The number of rotatable bonds is 6. The second-order valence-corrected chi connectivity index (χ2v) is 9.99. The van der Waals surface area contributed by atoms with Crippen molar-refractivity contribution in [2.75, 3.05) is 12.9 Å². The van der Waals surface area contributed by atoms with Gasteiger partial charge in [0.15, 0.2) is 5.16 Å². The van der Waals surface area contributed by atoms with Gasteiger partial charge in [0.2, 0.25) is 0 Å². The highest BCUT2D eigenvalue weighted by Crippen LogP contribution is 2.38. The number of thioether (sulfide) groups is 1. The van der Waals surface area contributed by atoms with E-state index in [2.05, 4.69) is 20.8 Å². The van der Waals surface area contributed by atoms with Crippen LogP contribution >= 0.6 is 23.1 Å². The second-order valence-electron chi connectivity index (χ2n) is 7.84. The van der Waals surface area contributed by atoms with Crippen LogP contribution in [0.2, 0.25) is 0 Å². The monoisotopic (exact) mass is 430 g/mol. The van der Waals surface area contributed by atoms with Gasteiger partial charge in [-0.2, -0.15) is 0 Å². The largest absolute Gasteiger partial charge is 0.497 e. The van der Waals surface area contributed by atoms with Gasteiger partial charge in [-0.05, 0) is 50.1 Å². The number of methoxy groups -OCH3 is 1. The first-order valence-electron chi connectivity index (χ1n) is 9.92. The molecule has 1 aliphatic heterocycles. The molecule has 3 aromatic rings. The highest BCUT2D eigenvalue weighted by Gasteiger charge is 2.31. The lowest BCUT2D eigenvalue weighted by Crippen LogP contribution is -2.32. The van der Waals surface area contributed by atoms with Crippen LogP contribution in [0.3, 0.4) is 0 Å². The first kappa shape index (κ1) is 20.4. The summed E-state index contributed by atoms with van der Waals surface area (Å²) in [5, 5.41) is 1.50. The Kier molecular flexibility index (Phi) is 5.73. The number of aromatic nitrogens is 2. The van der Waals surface area contributed by atoms with Crippen LogP contribution in [-0.4, -0.2) is 28.0 Å². The average Bonchev–Trinajstić information content (AvgIpc) is 3.05. The van der Waals surface area contributed by atoms with E-state index in [9.17, 15) is 4.79 Å². The SMILES string of the molecule is CCCCSc1nc2sc3c(c2c(=O)n1-c1ccc(OC)cc1)CC(C)(C)OC3. The van der Waals surface area contributed by atoms with Gasteiger partial charge < -0.3 is 9.47 Å². The summed E-state index contributed by atoms with van der Waals surface area (Å²) >= 11 is 3.24. The van der Waals surface area contributed by atoms with Gasteiger partial charge in [0, 0.05) is 17.1 Å². The Morgan fingerprint density at radius 2 is 2.07 bits per heavy atom. The Morgan fingerprint density at radius 3 is 2.76 bits per heavy atom. The topological polar surface area (TPSA) is 53.4 Å². The minimum absolute atomic E-state index is 0.00867. The zero-order chi connectivity index (χ0) is 20.6. The Morgan fingerprint density at radius 1 is 1.31 bits per heavy atom. The van der Waals surface area contributed by atoms with E-state index >= 15 is 0 Å². The van der Waals surface area contributed by atoms with E-state index in [1.807, 2.05) is 24.3 Å². The van der Waals surface area contributed by atoms with Gasteiger partial charge in [0.1, 0.15) is 10.6 Å². The predicted octanol–water partition coefficient (Wildman–Crippen LogP) is 5.20. The molecule has 0 atom stereocenters. The Balaban J connectivity index is 1.91. The third-order valence-electron chi connectivity index (χ3n) is 5.13. The Labute approximate surface area is 179 Å². The lowest BCUT2D eigenvalue weighted by molar-refractivity contribution is -0.0379. The van der Waals surface area contributed by atoms with E-state index in [-0.39, 0.29) is 11.2 Å². The summed E-state index contributed by atoms with van der Waals surface area (Å²) in [6.07, 6.45) is 2.93.